The van der Waals surface area contributed by atoms with Crippen LogP contribution >= 0.6 is 11.3 Å². The summed E-state index contributed by atoms with van der Waals surface area (Å²) in [4.78, 5) is 19.6. The lowest BCUT2D eigenvalue weighted by Crippen LogP contribution is -2.20. The molecule has 0 aliphatic carbocycles. The van der Waals surface area contributed by atoms with Crippen molar-refractivity contribution < 1.29 is 0 Å². The molecule has 0 radical (unpaired) electrons. The van der Waals surface area contributed by atoms with Crippen LogP contribution in [0.5, 0.6) is 0 Å². The van der Waals surface area contributed by atoms with Crippen LogP contribution in [-0.2, 0) is 13.6 Å². The highest BCUT2D eigenvalue weighted by atomic mass is 32.1. The van der Waals surface area contributed by atoms with Gasteiger partial charge in [-0.2, -0.15) is 5.10 Å². The van der Waals surface area contributed by atoms with E-state index in [0.29, 0.717) is 6.54 Å². The van der Waals surface area contributed by atoms with Gasteiger partial charge in [-0.25, -0.2) is 4.98 Å². The molecule has 1 aliphatic heterocycles. The maximum atomic E-state index is 12.8. The van der Waals surface area contributed by atoms with E-state index in [-0.39, 0.29) is 5.56 Å². The van der Waals surface area contributed by atoms with E-state index < -0.39 is 0 Å². The van der Waals surface area contributed by atoms with Gasteiger partial charge in [-0.05, 0) is 50.5 Å². The highest BCUT2D eigenvalue weighted by Crippen LogP contribution is 2.31. The fourth-order valence-electron chi connectivity index (χ4n) is 3.20. The Balaban J connectivity index is 1.94. The summed E-state index contributed by atoms with van der Waals surface area (Å²) in [5.41, 5.74) is 4.30. The third kappa shape index (κ3) is 2.09. The Kier molecular flexibility index (Phi) is 3.06. The van der Waals surface area contributed by atoms with Crippen molar-refractivity contribution in [2.45, 2.75) is 33.7 Å². The molecule has 5 nitrogen and oxygen atoms in total. The second kappa shape index (κ2) is 4.89. The van der Waals surface area contributed by atoms with Gasteiger partial charge in [-0.3, -0.25) is 14.0 Å². The van der Waals surface area contributed by atoms with E-state index in [4.69, 9.17) is 4.98 Å². The highest BCUT2D eigenvalue weighted by Gasteiger charge is 2.23. The molecule has 23 heavy (non-hydrogen) atoms. The summed E-state index contributed by atoms with van der Waals surface area (Å²) in [7, 11) is 1.93. The highest BCUT2D eigenvalue weighted by molar-refractivity contribution is 7.18. The summed E-state index contributed by atoms with van der Waals surface area (Å²) in [5, 5.41) is 5.16. The van der Waals surface area contributed by atoms with Crippen LogP contribution in [0.3, 0.4) is 0 Å². The number of allylic oxidation sites excluding steroid dienone is 1. The zero-order valence-electron chi connectivity index (χ0n) is 13.7. The number of hydrogen-bond acceptors (Lipinski definition) is 4. The van der Waals surface area contributed by atoms with Crippen molar-refractivity contribution in [3.63, 3.8) is 0 Å². The van der Waals surface area contributed by atoms with Crippen LogP contribution in [0.2, 0.25) is 0 Å². The van der Waals surface area contributed by atoms with Gasteiger partial charge >= 0.3 is 0 Å². The van der Waals surface area contributed by atoms with E-state index in [1.165, 1.54) is 4.88 Å². The van der Waals surface area contributed by atoms with Crippen molar-refractivity contribution in [2.24, 2.45) is 7.05 Å². The summed E-state index contributed by atoms with van der Waals surface area (Å²) in [6.45, 7) is 6.74. The van der Waals surface area contributed by atoms with E-state index >= 15 is 0 Å². The Morgan fingerprint density at radius 3 is 2.78 bits per heavy atom. The Hall–Kier alpha value is -2.21. The Morgan fingerprint density at radius 2 is 2.09 bits per heavy atom. The number of aromatic nitrogens is 4. The van der Waals surface area contributed by atoms with Crippen molar-refractivity contribution in [3.05, 3.63) is 44.1 Å². The second-order valence-corrected chi connectivity index (χ2v) is 7.31. The molecule has 1 aliphatic rings. The molecule has 0 bridgehead atoms. The van der Waals surface area contributed by atoms with Gasteiger partial charge in [0, 0.05) is 18.5 Å². The largest absolute Gasteiger partial charge is 0.292 e. The SMILES string of the molecule is Cc1cc(/C=C2\CCn3c2nc2sc(C)c(C)c2c3=O)n(C)n1. The zero-order chi connectivity index (χ0) is 16.3. The standard InChI is InChI=1S/C17H18N4OS/c1-9-7-13(20(4)19-9)8-12-5-6-21-15(12)18-16-14(17(21)22)10(2)11(3)23-16/h7-8H,5-6H2,1-4H3/b12-8+. The molecule has 0 saturated heterocycles. The van der Waals surface area contributed by atoms with E-state index in [9.17, 15) is 4.79 Å². The molecule has 3 aromatic rings. The van der Waals surface area contributed by atoms with Crippen molar-refractivity contribution in [3.8, 4) is 0 Å². The van der Waals surface area contributed by atoms with Crippen molar-refractivity contribution >= 4 is 33.2 Å². The van der Waals surface area contributed by atoms with Crippen LogP contribution in [0.1, 0.15) is 34.1 Å². The molecule has 118 valence electrons. The fourth-order valence-corrected chi connectivity index (χ4v) is 4.22. The lowest BCUT2D eigenvalue weighted by Gasteiger charge is -2.03. The molecule has 3 aromatic heterocycles. The smallest absolute Gasteiger partial charge is 0.262 e. The van der Waals surface area contributed by atoms with Gasteiger partial charge in [0.25, 0.3) is 5.56 Å². The van der Waals surface area contributed by atoms with Gasteiger partial charge < -0.3 is 0 Å². The number of fused-ring (bicyclic) bond motifs is 2. The molecular formula is C17H18N4OS. The molecule has 0 atom stereocenters. The number of nitrogens with zero attached hydrogens (tertiary/aromatic N) is 4. The van der Waals surface area contributed by atoms with Crippen LogP contribution < -0.4 is 5.56 Å². The average Bonchev–Trinajstić information content (AvgIpc) is 3.11. The summed E-state index contributed by atoms with van der Waals surface area (Å²) >= 11 is 1.61. The fraction of sp³-hybridized carbons (Fsp3) is 0.353. The minimum Gasteiger partial charge on any atom is -0.292 e. The van der Waals surface area contributed by atoms with Crippen molar-refractivity contribution in [1.29, 1.82) is 0 Å². The minimum absolute atomic E-state index is 0.0939. The van der Waals surface area contributed by atoms with Crippen LogP contribution in [-0.4, -0.2) is 19.3 Å². The summed E-state index contributed by atoms with van der Waals surface area (Å²) < 4.78 is 3.68. The monoisotopic (exact) mass is 326 g/mol. The molecule has 0 unspecified atom stereocenters. The Bertz CT molecular complexity index is 1040. The molecule has 4 heterocycles. The number of rotatable bonds is 1. The summed E-state index contributed by atoms with van der Waals surface area (Å²) in [6.07, 6.45) is 2.94. The van der Waals surface area contributed by atoms with E-state index in [1.807, 2.05) is 43.1 Å². The topological polar surface area (TPSA) is 52.7 Å². The van der Waals surface area contributed by atoms with Crippen molar-refractivity contribution in [2.75, 3.05) is 0 Å². The lowest BCUT2D eigenvalue weighted by atomic mass is 10.1. The molecule has 0 N–H and O–H groups in total. The molecule has 6 heteroatoms. The Morgan fingerprint density at radius 1 is 1.30 bits per heavy atom. The van der Waals surface area contributed by atoms with Gasteiger partial charge in [0.15, 0.2) is 0 Å². The molecular weight excluding hydrogens is 308 g/mol. The quantitative estimate of drug-likeness (QED) is 0.690. The normalized spacial score (nSPS) is 15.7. The minimum atomic E-state index is 0.0939. The van der Waals surface area contributed by atoms with Gasteiger partial charge in [-0.15, -0.1) is 11.3 Å². The number of thiophene rings is 1. The van der Waals surface area contributed by atoms with Crippen LogP contribution in [0, 0.1) is 20.8 Å². The van der Waals surface area contributed by atoms with Gasteiger partial charge in [0.1, 0.15) is 10.7 Å². The first-order valence-electron chi connectivity index (χ1n) is 7.68. The first-order chi connectivity index (χ1) is 11.0. The van der Waals surface area contributed by atoms with E-state index in [2.05, 4.69) is 11.2 Å². The lowest BCUT2D eigenvalue weighted by molar-refractivity contribution is 0.725. The van der Waals surface area contributed by atoms with Crippen LogP contribution in [0.4, 0.5) is 0 Å². The predicted molar refractivity (Wildman–Crippen MR) is 93.8 cm³/mol. The Labute approximate surface area is 137 Å². The summed E-state index contributed by atoms with van der Waals surface area (Å²) in [5.74, 6) is 0.808. The molecule has 0 aromatic carbocycles. The molecule has 4 rings (SSSR count). The maximum absolute atomic E-state index is 12.8. The molecule has 0 spiro atoms. The van der Waals surface area contributed by atoms with Gasteiger partial charge in [0.05, 0.1) is 16.8 Å². The first kappa shape index (κ1) is 14.4. The third-order valence-corrected chi connectivity index (χ3v) is 5.64. The number of hydrogen-bond donors (Lipinski definition) is 0. The summed E-state index contributed by atoms with van der Waals surface area (Å²) in [6, 6.07) is 2.05. The second-order valence-electron chi connectivity index (χ2n) is 6.11. The maximum Gasteiger partial charge on any atom is 0.262 e. The van der Waals surface area contributed by atoms with Crippen LogP contribution in [0.25, 0.3) is 21.9 Å². The third-order valence-electron chi connectivity index (χ3n) is 4.54. The van der Waals surface area contributed by atoms with E-state index in [0.717, 1.165) is 45.0 Å². The van der Waals surface area contributed by atoms with Crippen molar-refractivity contribution in [1.82, 2.24) is 19.3 Å². The molecule has 0 fully saturated rings. The average molecular weight is 326 g/mol. The molecule has 0 amide bonds. The van der Waals surface area contributed by atoms with Gasteiger partial charge in [-0.1, -0.05) is 0 Å². The molecule has 0 saturated carbocycles. The first-order valence-corrected chi connectivity index (χ1v) is 8.49. The van der Waals surface area contributed by atoms with E-state index in [1.54, 1.807) is 11.3 Å². The van der Waals surface area contributed by atoms with Crippen LogP contribution in [0.15, 0.2) is 10.9 Å². The van der Waals surface area contributed by atoms with Gasteiger partial charge in [0.2, 0.25) is 0 Å². The number of aryl methyl sites for hydroxylation is 4. The zero-order valence-corrected chi connectivity index (χ0v) is 14.5. The predicted octanol–water partition coefficient (Wildman–Crippen LogP) is 3.06.